The van der Waals surface area contributed by atoms with Crippen LogP contribution in [-0.4, -0.2) is 50.0 Å². The predicted molar refractivity (Wildman–Crippen MR) is 90.8 cm³/mol. The molecule has 6 nitrogen and oxygen atoms in total. The van der Waals surface area contributed by atoms with Crippen LogP contribution >= 0.6 is 0 Å². The number of methoxy groups -OCH3 is 1. The molecule has 0 radical (unpaired) electrons. The molecule has 24 heavy (non-hydrogen) atoms. The number of carbonyl (C=O) groups is 1. The summed E-state index contributed by atoms with van der Waals surface area (Å²) >= 11 is 0. The van der Waals surface area contributed by atoms with Crippen LogP contribution in [0.25, 0.3) is 0 Å². The Hall–Kier alpha value is -1.60. The summed E-state index contributed by atoms with van der Waals surface area (Å²) in [5, 5.41) is 8.51. The fraction of sp³-hybridized carbons (Fsp3) is 0.588. The molecule has 1 aliphatic rings. The highest BCUT2D eigenvalue weighted by Gasteiger charge is 2.40. The molecular formula is C17H25NO5S. The lowest BCUT2D eigenvalue weighted by atomic mass is 9.96. The van der Waals surface area contributed by atoms with Crippen LogP contribution in [-0.2, 0) is 14.6 Å². The lowest BCUT2D eigenvalue weighted by Gasteiger charge is -2.37. The molecule has 1 fully saturated rings. The fourth-order valence-electron chi connectivity index (χ4n) is 3.06. The first kappa shape index (κ1) is 18.7. The van der Waals surface area contributed by atoms with Crippen molar-refractivity contribution < 1.29 is 23.1 Å². The number of carboxylic acid groups (broad SMARTS) is 1. The van der Waals surface area contributed by atoms with E-state index in [9.17, 15) is 18.3 Å². The number of aliphatic carboxylic acids is 1. The molecule has 0 amide bonds. The maximum Gasteiger partial charge on any atom is 0.306 e. The Bertz CT molecular complexity index is 656. The topological polar surface area (TPSA) is 83.9 Å². The Kier molecular flexibility index (Phi) is 6.23. The van der Waals surface area contributed by atoms with Crippen LogP contribution in [0.2, 0.25) is 0 Å². The molecule has 0 spiro atoms. The lowest BCUT2D eigenvalue weighted by molar-refractivity contribution is -0.143. The van der Waals surface area contributed by atoms with Crippen LogP contribution in [0.5, 0.6) is 5.75 Å². The van der Waals surface area contributed by atoms with Crippen molar-refractivity contribution in [3.63, 3.8) is 0 Å². The SMILES string of the molecule is CCCCN1CCC(C(=O)O)CC1S(=O)(=O)c1ccc(OC)cc1. The Morgan fingerprint density at radius 2 is 2.00 bits per heavy atom. The summed E-state index contributed by atoms with van der Waals surface area (Å²) in [5.74, 6) is -0.940. The minimum atomic E-state index is -3.63. The zero-order chi connectivity index (χ0) is 17.7. The first-order valence-corrected chi connectivity index (χ1v) is 9.79. The zero-order valence-corrected chi connectivity index (χ0v) is 15.0. The second kappa shape index (κ2) is 7.98. The van der Waals surface area contributed by atoms with Crippen molar-refractivity contribution in [1.29, 1.82) is 0 Å². The molecule has 0 aromatic heterocycles. The second-order valence-corrected chi connectivity index (χ2v) is 8.23. The van der Waals surface area contributed by atoms with Gasteiger partial charge in [-0.05, 0) is 50.1 Å². The van der Waals surface area contributed by atoms with Gasteiger partial charge in [-0.1, -0.05) is 13.3 Å². The standard InChI is InChI=1S/C17H25NO5S/c1-3-4-10-18-11-9-13(17(19)20)12-16(18)24(21,22)15-7-5-14(23-2)6-8-15/h5-8,13,16H,3-4,9-12H2,1-2H3,(H,19,20). The van der Waals surface area contributed by atoms with E-state index in [1.807, 2.05) is 4.90 Å². The van der Waals surface area contributed by atoms with Gasteiger partial charge in [-0.15, -0.1) is 0 Å². The molecule has 1 N–H and O–H groups in total. The van der Waals surface area contributed by atoms with Crippen molar-refractivity contribution in [2.45, 2.75) is 42.9 Å². The fourth-order valence-corrected chi connectivity index (χ4v) is 4.98. The van der Waals surface area contributed by atoms with Gasteiger partial charge < -0.3 is 9.84 Å². The van der Waals surface area contributed by atoms with Crippen LogP contribution in [0, 0.1) is 5.92 Å². The number of unbranched alkanes of at least 4 members (excludes halogenated alkanes) is 1. The predicted octanol–water partition coefficient (Wildman–Crippen LogP) is 2.39. The Morgan fingerprint density at radius 3 is 2.54 bits per heavy atom. The van der Waals surface area contributed by atoms with E-state index >= 15 is 0 Å². The molecule has 1 aromatic rings. The van der Waals surface area contributed by atoms with Crippen LogP contribution in [0.3, 0.4) is 0 Å². The molecule has 0 aliphatic carbocycles. The first-order chi connectivity index (χ1) is 11.4. The van der Waals surface area contributed by atoms with Gasteiger partial charge in [0.1, 0.15) is 11.1 Å². The third-order valence-corrected chi connectivity index (χ3v) is 6.69. The van der Waals surface area contributed by atoms with Gasteiger partial charge in [0.05, 0.1) is 17.9 Å². The number of likely N-dealkylation sites (tertiary alicyclic amines) is 1. The van der Waals surface area contributed by atoms with Crippen molar-refractivity contribution in [2.24, 2.45) is 5.92 Å². The summed E-state index contributed by atoms with van der Waals surface area (Å²) in [5.41, 5.74) is 0. The van der Waals surface area contributed by atoms with Gasteiger partial charge in [-0.3, -0.25) is 9.69 Å². The van der Waals surface area contributed by atoms with E-state index in [0.717, 1.165) is 12.8 Å². The first-order valence-electron chi connectivity index (χ1n) is 8.25. The summed E-state index contributed by atoms with van der Waals surface area (Å²) < 4.78 is 31.2. The molecule has 0 saturated carbocycles. The summed E-state index contributed by atoms with van der Waals surface area (Å²) in [6, 6.07) is 6.27. The Morgan fingerprint density at radius 1 is 1.33 bits per heavy atom. The summed E-state index contributed by atoms with van der Waals surface area (Å²) in [6.45, 7) is 3.22. The van der Waals surface area contributed by atoms with Gasteiger partial charge in [0.2, 0.25) is 0 Å². The monoisotopic (exact) mass is 355 g/mol. The van der Waals surface area contributed by atoms with Gasteiger partial charge in [0.15, 0.2) is 9.84 Å². The van der Waals surface area contributed by atoms with E-state index in [0.29, 0.717) is 25.3 Å². The highest BCUT2D eigenvalue weighted by Crippen LogP contribution is 2.31. The van der Waals surface area contributed by atoms with Crippen molar-refractivity contribution >= 4 is 15.8 Å². The molecular weight excluding hydrogens is 330 g/mol. The smallest absolute Gasteiger partial charge is 0.306 e. The number of sulfone groups is 1. The van der Waals surface area contributed by atoms with E-state index in [1.165, 1.54) is 19.2 Å². The molecule has 2 rings (SSSR count). The molecule has 1 aromatic carbocycles. The molecule has 1 heterocycles. The van der Waals surface area contributed by atoms with E-state index in [2.05, 4.69) is 6.92 Å². The number of nitrogens with zero attached hydrogens (tertiary/aromatic N) is 1. The maximum atomic E-state index is 13.1. The number of piperidine rings is 1. The Labute approximate surface area is 143 Å². The van der Waals surface area contributed by atoms with Gasteiger partial charge >= 0.3 is 5.97 Å². The average Bonchev–Trinajstić information content (AvgIpc) is 2.59. The van der Waals surface area contributed by atoms with Crippen molar-refractivity contribution in [3.8, 4) is 5.75 Å². The quantitative estimate of drug-likeness (QED) is 0.808. The number of hydrogen-bond donors (Lipinski definition) is 1. The van der Waals surface area contributed by atoms with Gasteiger partial charge in [0.25, 0.3) is 0 Å². The van der Waals surface area contributed by atoms with E-state index in [1.54, 1.807) is 12.1 Å². The lowest BCUT2D eigenvalue weighted by Crippen LogP contribution is -2.48. The van der Waals surface area contributed by atoms with Gasteiger partial charge in [-0.25, -0.2) is 8.42 Å². The molecule has 7 heteroatoms. The molecule has 0 bridgehead atoms. The van der Waals surface area contributed by atoms with E-state index in [4.69, 9.17) is 4.74 Å². The summed E-state index contributed by atoms with van der Waals surface area (Å²) in [4.78, 5) is 13.5. The number of ether oxygens (including phenoxy) is 1. The minimum absolute atomic E-state index is 0.132. The largest absolute Gasteiger partial charge is 0.497 e. The van der Waals surface area contributed by atoms with Crippen molar-refractivity contribution in [3.05, 3.63) is 24.3 Å². The second-order valence-electron chi connectivity index (χ2n) is 6.12. The van der Waals surface area contributed by atoms with E-state index < -0.39 is 27.1 Å². The molecule has 2 unspecified atom stereocenters. The van der Waals surface area contributed by atoms with Crippen LogP contribution in [0.4, 0.5) is 0 Å². The van der Waals surface area contributed by atoms with Crippen LogP contribution in [0.1, 0.15) is 32.6 Å². The highest BCUT2D eigenvalue weighted by atomic mass is 32.2. The van der Waals surface area contributed by atoms with Crippen LogP contribution in [0.15, 0.2) is 29.2 Å². The third-order valence-electron chi connectivity index (χ3n) is 4.55. The number of rotatable bonds is 7. The average molecular weight is 355 g/mol. The zero-order valence-electron chi connectivity index (χ0n) is 14.1. The number of carboxylic acids is 1. The molecule has 1 aliphatic heterocycles. The van der Waals surface area contributed by atoms with Crippen LogP contribution < -0.4 is 4.74 Å². The highest BCUT2D eigenvalue weighted by molar-refractivity contribution is 7.92. The Balaban J connectivity index is 2.30. The number of benzene rings is 1. The maximum absolute atomic E-state index is 13.1. The minimum Gasteiger partial charge on any atom is -0.497 e. The van der Waals surface area contributed by atoms with E-state index in [-0.39, 0.29) is 11.3 Å². The normalized spacial score (nSPS) is 22.2. The molecule has 134 valence electrons. The van der Waals surface area contributed by atoms with Gasteiger partial charge in [-0.2, -0.15) is 0 Å². The summed E-state index contributed by atoms with van der Waals surface area (Å²) in [7, 11) is -2.10. The molecule has 1 saturated heterocycles. The third kappa shape index (κ3) is 4.08. The summed E-state index contributed by atoms with van der Waals surface area (Å²) in [6.07, 6.45) is 2.49. The van der Waals surface area contributed by atoms with Crippen molar-refractivity contribution in [1.82, 2.24) is 4.90 Å². The van der Waals surface area contributed by atoms with Crippen molar-refractivity contribution in [2.75, 3.05) is 20.2 Å². The molecule has 2 atom stereocenters. The van der Waals surface area contributed by atoms with Gasteiger partial charge in [0, 0.05) is 6.54 Å². The number of hydrogen-bond acceptors (Lipinski definition) is 5.